The average Bonchev–Trinajstić information content (AvgIpc) is 3.03. The number of carbonyl (C=O) groups excluding carboxylic acids is 1. The fourth-order valence-electron chi connectivity index (χ4n) is 4.16. The largest absolute Gasteiger partial charge is 0.497 e. The standard InChI is InChI=1S/C24H22F17NO2S/c1-3-8-42-9-6-12-11-13(44-2)4-5-14(12)15(16(42)43)45-10-7-17(25,26)18(27,28)19(29,30)20(31,32)21(33,34)22(35,36)23(37,38)24(39,40)41/h4-5,11,15H,3,6-10H2,1-2H3. The Balaban J connectivity index is 2.42. The topological polar surface area (TPSA) is 29.5 Å². The van der Waals surface area contributed by atoms with Crippen molar-refractivity contribution in [3.63, 3.8) is 0 Å². The van der Waals surface area contributed by atoms with Gasteiger partial charge in [0.25, 0.3) is 0 Å². The summed E-state index contributed by atoms with van der Waals surface area (Å²) in [6, 6.07) is 4.05. The van der Waals surface area contributed by atoms with Crippen LogP contribution in [0, 0.1) is 0 Å². The van der Waals surface area contributed by atoms with Crippen LogP contribution in [0.2, 0.25) is 0 Å². The number of hydrogen-bond donors (Lipinski definition) is 0. The van der Waals surface area contributed by atoms with Crippen molar-refractivity contribution in [1.82, 2.24) is 4.90 Å². The first-order valence-corrected chi connectivity index (χ1v) is 13.4. The van der Waals surface area contributed by atoms with Gasteiger partial charge in [0.15, 0.2) is 0 Å². The summed E-state index contributed by atoms with van der Waals surface area (Å²) >= 11 is 0.111. The number of hydrogen-bond acceptors (Lipinski definition) is 3. The second kappa shape index (κ2) is 12.4. The Morgan fingerprint density at radius 1 is 0.778 bits per heavy atom. The third-order valence-corrected chi connectivity index (χ3v) is 8.03. The van der Waals surface area contributed by atoms with Crippen LogP contribution < -0.4 is 4.74 Å². The Labute approximate surface area is 247 Å². The second-order valence-corrected chi connectivity index (χ2v) is 11.0. The van der Waals surface area contributed by atoms with Gasteiger partial charge in [-0.15, -0.1) is 11.8 Å². The van der Waals surface area contributed by atoms with Gasteiger partial charge in [0.1, 0.15) is 11.0 Å². The van der Waals surface area contributed by atoms with Crippen LogP contribution in [-0.2, 0) is 11.2 Å². The lowest BCUT2D eigenvalue weighted by Gasteiger charge is -2.42. The number of methoxy groups -OCH3 is 1. The molecule has 0 aromatic heterocycles. The molecule has 1 atom stereocenters. The molecule has 1 heterocycles. The summed E-state index contributed by atoms with van der Waals surface area (Å²) in [4.78, 5) is 14.3. The molecule has 3 nitrogen and oxygen atoms in total. The van der Waals surface area contributed by atoms with Gasteiger partial charge in [-0.05, 0) is 36.1 Å². The second-order valence-electron chi connectivity index (χ2n) is 9.79. The highest BCUT2D eigenvalue weighted by Gasteiger charge is 2.95. The molecular weight excluding hydrogens is 689 g/mol. The number of carbonyl (C=O) groups is 1. The van der Waals surface area contributed by atoms with Gasteiger partial charge in [0.05, 0.1) is 7.11 Å². The van der Waals surface area contributed by atoms with E-state index in [1.54, 1.807) is 6.92 Å². The number of nitrogens with zero attached hydrogens (tertiary/aromatic N) is 1. The first kappa shape index (κ1) is 38.8. The third kappa shape index (κ3) is 6.21. The monoisotopic (exact) mass is 711 g/mol. The highest BCUT2D eigenvalue weighted by atomic mass is 32.2. The van der Waals surface area contributed by atoms with Crippen LogP contribution in [-0.4, -0.2) is 84.4 Å². The van der Waals surface area contributed by atoms with E-state index in [1.807, 2.05) is 0 Å². The van der Waals surface area contributed by atoms with E-state index in [0.29, 0.717) is 12.0 Å². The van der Waals surface area contributed by atoms with E-state index in [4.69, 9.17) is 4.74 Å². The first-order chi connectivity index (χ1) is 20.1. The Morgan fingerprint density at radius 2 is 1.27 bits per heavy atom. The van der Waals surface area contributed by atoms with E-state index in [0.717, 1.165) is 0 Å². The fourth-order valence-corrected chi connectivity index (χ4v) is 5.47. The molecule has 0 fully saturated rings. The van der Waals surface area contributed by atoms with E-state index in [1.165, 1.54) is 30.2 Å². The van der Waals surface area contributed by atoms with Gasteiger partial charge in [-0.2, -0.15) is 74.6 Å². The molecule has 1 unspecified atom stereocenters. The average molecular weight is 711 g/mol. The quantitative estimate of drug-likeness (QED) is 0.192. The number of halogens is 17. The minimum absolute atomic E-state index is 0.0751. The van der Waals surface area contributed by atoms with Gasteiger partial charge in [0.2, 0.25) is 5.91 Å². The van der Waals surface area contributed by atoms with E-state index in [-0.39, 0.29) is 42.6 Å². The number of rotatable bonds is 13. The van der Waals surface area contributed by atoms with Gasteiger partial charge in [-0.1, -0.05) is 13.0 Å². The molecule has 1 aromatic carbocycles. The van der Waals surface area contributed by atoms with Gasteiger partial charge in [0, 0.05) is 25.3 Å². The highest BCUT2D eigenvalue weighted by Crippen LogP contribution is 2.64. The Kier molecular flexibility index (Phi) is 10.7. The van der Waals surface area contributed by atoms with Crippen LogP contribution in [0.1, 0.15) is 36.1 Å². The van der Waals surface area contributed by atoms with Gasteiger partial charge in [-0.3, -0.25) is 4.79 Å². The lowest BCUT2D eigenvalue weighted by Crippen LogP contribution is -2.74. The number of fused-ring (bicyclic) bond motifs is 1. The SMILES string of the molecule is CCCN1CCc2cc(OC)ccc2C(SCCC(F)(F)C(F)(F)C(F)(F)C(F)(F)C(F)(F)C(F)(F)C(F)(F)C(F)(F)F)C1=O. The van der Waals surface area contributed by atoms with E-state index in [9.17, 15) is 79.4 Å². The van der Waals surface area contributed by atoms with Crippen molar-refractivity contribution in [2.75, 3.05) is 26.0 Å². The first-order valence-electron chi connectivity index (χ1n) is 12.4. The van der Waals surface area contributed by atoms with Crippen molar-refractivity contribution < 1.29 is 84.2 Å². The van der Waals surface area contributed by atoms with Crippen molar-refractivity contribution in [2.24, 2.45) is 0 Å². The molecule has 0 bridgehead atoms. The molecule has 1 amide bonds. The maximum atomic E-state index is 14.4. The van der Waals surface area contributed by atoms with Crippen LogP contribution in [0.25, 0.3) is 0 Å². The minimum atomic E-state index is -8.67. The van der Waals surface area contributed by atoms with Gasteiger partial charge in [-0.25, -0.2) is 0 Å². The number of amides is 1. The van der Waals surface area contributed by atoms with Crippen LogP contribution in [0.5, 0.6) is 5.75 Å². The normalized spacial score (nSPS) is 18.2. The summed E-state index contributed by atoms with van der Waals surface area (Å²) in [6.07, 6.45) is -9.85. The van der Waals surface area contributed by atoms with Crippen LogP contribution in [0.4, 0.5) is 74.6 Å². The summed E-state index contributed by atoms with van der Waals surface area (Å²) in [5.74, 6) is -58.6. The molecule has 0 saturated heterocycles. The van der Waals surface area contributed by atoms with Crippen LogP contribution >= 0.6 is 11.8 Å². The Bertz CT molecular complexity index is 1220. The number of thioether (sulfide) groups is 1. The zero-order chi connectivity index (χ0) is 35.2. The lowest BCUT2D eigenvalue weighted by atomic mass is 9.88. The van der Waals surface area contributed by atoms with E-state index in [2.05, 4.69) is 0 Å². The molecule has 0 aliphatic carbocycles. The molecular formula is C24H22F17NO2S. The molecule has 1 aliphatic rings. The predicted octanol–water partition coefficient (Wildman–Crippen LogP) is 8.66. The van der Waals surface area contributed by atoms with Crippen LogP contribution in [0.15, 0.2) is 18.2 Å². The minimum Gasteiger partial charge on any atom is -0.497 e. The number of benzene rings is 1. The summed E-state index contributed by atoms with van der Waals surface area (Å²) in [5.41, 5.74) is 0.532. The molecule has 260 valence electrons. The Hall–Kier alpha value is -2.35. The van der Waals surface area contributed by atoms with Gasteiger partial charge < -0.3 is 9.64 Å². The maximum absolute atomic E-state index is 14.4. The summed E-state index contributed by atoms with van der Waals surface area (Å²) < 4.78 is 235. The molecule has 2 rings (SSSR count). The Morgan fingerprint density at radius 3 is 1.73 bits per heavy atom. The zero-order valence-corrected chi connectivity index (χ0v) is 23.5. The van der Waals surface area contributed by atoms with Gasteiger partial charge >= 0.3 is 47.6 Å². The highest BCUT2D eigenvalue weighted by molar-refractivity contribution is 8.00. The molecule has 45 heavy (non-hydrogen) atoms. The van der Waals surface area contributed by atoms with Crippen molar-refractivity contribution in [1.29, 1.82) is 0 Å². The number of ether oxygens (including phenoxy) is 1. The summed E-state index contributed by atoms with van der Waals surface area (Å²) in [7, 11) is 1.28. The molecule has 1 aromatic rings. The van der Waals surface area contributed by atoms with E-state index < -0.39 is 71.0 Å². The van der Waals surface area contributed by atoms with Crippen LogP contribution in [0.3, 0.4) is 0 Å². The van der Waals surface area contributed by atoms with Crippen molar-refractivity contribution in [3.8, 4) is 5.75 Å². The smallest absolute Gasteiger partial charge is 0.460 e. The van der Waals surface area contributed by atoms with Crippen molar-refractivity contribution in [2.45, 2.75) is 79.1 Å². The maximum Gasteiger partial charge on any atom is 0.460 e. The molecule has 1 aliphatic heterocycles. The number of alkyl halides is 17. The third-order valence-electron chi connectivity index (χ3n) is 6.80. The fraction of sp³-hybridized carbons (Fsp3) is 0.708. The zero-order valence-electron chi connectivity index (χ0n) is 22.6. The van der Waals surface area contributed by atoms with Crippen molar-refractivity contribution in [3.05, 3.63) is 29.3 Å². The summed E-state index contributed by atoms with van der Waals surface area (Å²) in [5, 5.41) is -1.49. The summed E-state index contributed by atoms with van der Waals surface area (Å²) in [6.45, 7) is 1.84. The molecule has 0 spiro atoms. The predicted molar refractivity (Wildman–Crippen MR) is 124 cm³/mol. The molecule has 0 N–H and O–H groups in total. The molecule has 0 saturated carbocycles. The molecule has 0 radical (unpaired) electrons. The lowest BCUT2D eigenvalue weighted by molar-refractivity contribution is -0.461. The van der Waals surface area contributed by atoms with E-state index >= 15 is 0 Å². The molecule has 21 heteroatoms. The van der Waals surface area contributed by atoms with Crippen molar-refractivity contribution >= 4 is 17.7 Å².